The molecule has 0 aliphatic heterocycles. The normalized spacial score (nSPS) is 27.3. The Labute approximate surface area is 171 Å². The number of halogens is 1. The number of hydrogen-bond acceptors (Lipinski definition) is 2. The van der Waals surface area contributed by atoms with E-state index in [-0.39, 0.29) is 17.9 Å². The Balaban J connectivity index is 1.37. The van der Waals surface area contributed by atoms with Gasteiger partial charge >= 0.3 is 0 Å². The van der Waals surface area contributed by atoms with Crippen molar-refractivity contribution in [3.8, 4) is 6.07 Å². The highest BCUT2D eigenvalue weighted by Crippen LogP contribution is 2.63. The lowest BCUT2D eigenvalue weighted by atomic mass is 9.82. The third-order valence-electron chi connectivity index (χ3n) is 6.64. The quantitative estimate of drug-likeness (QED) is 0.712. The lowest BCUT2D eigenvalue weighted by molar-refractivity contribution is 0.0926. The van der Waals surface area contributed by atoms with Crippen LogP contribution in [0.2, 0.25) is 5.02 Å². The summed E-state index contributed by atoms with van der Waals surface area (Å²) in [6.45, 7) is 2.14. The third-order valence-corrected chi connectivity index (χ3v) is 6.90. The molecule has 0 saturated heterocycles. The van der Waals surface area contributed by atoms with E-state index in [0.717, 1.165) is 24.8 Å². The van der Waals surface area contributed by atoms with Crippen LogP contribution in [-0.4, -0.2) is 11.9 Å². The highest BCUT2D eigenvalue weighted by molar-refractivity contribution is 6.30. The second-order valence-electron chi connectivity index (χ2n) is 8.15. The van der Waals surface area contributed by atoms with Crippen LogP contribution in [0.1, 0.15) is 48.0 Å². The molecule has 28 heavy (non-hydrogen) atoms. The highest BCUT2D eigenvalue weighted by atomic mass is 35.5. The van der Waals surface area contributed by atoms with Crippen molar-refractivity contribution in [3.63, 3.8) is 0 Å². The number of nitrogens with one attached hydrogen (secondary N) is 1. The Morgan fingerprint density at radius 3 is 2.36 bits per heavy atom. The molecular formula is C24H25ClN2O. The van der Waals surface area contributed by atoms with Gasteiger partial charge in [-0.05, 0) is 72.8 Å². The number of carbonyl (C=O) groups excluding carboxylic acids is 1. The average Bonchev–Trinajstić information content (AvgIpc) is 3.20. The molecule has 4 heteroatoms. The van der Waals surface area contributed by atoms with Gasteiger partial charge in [0, 0.05) is 16.6 Å². The van der Waals surface area contributed by atoms with E-state index in [9.17, 15) is 10.1 Å². The van der Waals surface area contributed by atoms with Gasteiger partial charge in [-0.15, -0.1) is 0 Å². The minimum absolute atomic E-state index is 0.0154. The van der Waals surface area contributed by atoms with Crippen molar-refractivity contribution in [3.05, 3.63) is 70.7 Å². The van der Waals surface area contributed by atoms with Crippen LogP contribution in [0.3, 0.4) is 0 Å². The molecule has 2 saturated carbocycles. The Bertz CT molecular complexity index is 862. The average molecular weight is 393 g/mol. The summed E-state index contributed by atoms with van der Waals surface area (Å²) in [6.07, 6.45) is 3.12. The molecule has 1 N–H and O–H groups in total. The number of fused-ring (bicyclic) bond motifs is 1. The fourth-order valence-corrected chi connectivity index (χ4v) is 5.36. The molecule has 0 radical (unpaired) electrons. The predicted octanol–water partition coefficient (Wildman–Crippen LogP) is 5.43. The predicted molar refractivity (Wildman–Crippen MR) is 111 cm³/mol. The van der Waals surface area contributed by atoms with E-state index < -0.39 is 0 Å². The van der Waals surface area contributed by atoms with Gasteiger partial charge in [-0.2, -0.15) is 5.26 Å². The number of nitriles is 1. The van der Waals surface area contributed by atoms with Gasteiger partial charge in [0.25, 0.3) is 5.91 Å². The topological polar surface area (TPSA) is 52.9 Å². The molecule has 6 atom stereocenters. The van der Waals surface area contributed by atoms with E-state index in [4.69, 9.17) is 11.6 Å². The summed E-state index contributed by atoms with van der Waals surface area (Å²) in [4.78, 5) is 12.6. The Morgan fingerprint density at radius 2 is 1.79 bits per heavy atom. The monoisotopic (exact) mass is 392 g/mol. The lowest BCUT2D eigenvalue weighted by Crippen LogP contribution is -2.37. The van der Waals surface area contributed by atoms with Crippen molar-refractivity contribution in [2.45, 2.75) is 38.1 Å². The first kappa shape index (κ1) is 19.0. The number of benzene rings is 2. The SMILES string of the molecule is CCC(NC(=O)c1ccc(Cl)cc1)C1[C@H]2CC([C@H](C#N)c3ccccc3)C[C@@H]12. The first-order valence-electron chi connectivity index (χ1n) is 10.1. The minimum Gasteiger partial charge on any atom is -0.349 e. The largest absolute Gasteiger partial charge is 0.349 e. The van der Waals surface area contributed by atoms with Gasteiger partial charge in [0.1, 0.15) is 0 Å². The van der Waals surface area contributed by atoms with E-state index in [0.29, 0.717) is 34.3 Å². The van der Waals surface area contributed by atoms with E-state index in [1.165, 1.54) is 0 Å². The first-order chi connectivity index (χ1) is 13.6. The van der Waals surface area contributed by atoms with Crippen molar-refractivity contribution in [1.82, 2.24) is 5.32 Å². The minimum atomic E-state index is -0.0239. The molecule has 0 spiro atoms. The second kappa shape index (κ2) is 7.97. The molecule has 4 rings (SSSR count). The van der Waals surface area contributed by atoms with Gasteiger partial charge in [0.05, 0.1) is 12.0 Å². The van der Waals surface area contributed by atoms with Gasteiger partial charge < -0.3 is 5.32 Å². The van der Waals surface area contributed by atoms with E-state index in [1.54, 1.807) is 24.3 Å². The molecule has 2 aromatic carbocycles. The number of carbonyl (C=O) groups is 1. The van der Waals surface area contributed by atoms with Crippen molar-refractivity contribution >= 4 is 17.5 Å². The fourth-order valence-electron chi connectivity index (χ4n) is 5.24. The number of amides is 1. The smallest absolute Gasteiger partial charge is 0.251 e. The number of hydrogen-bond donors (Lipinski definition) is 1. The van der Waals surface area contributed by atoms with Crippen LogP contribution in [0, 0.1) is 35.0 Å². The molecule has 0 bridgehead atoms. The standard InChI is InChI=1S/C24H25ClN2O/c1-2-22(27-24(28)16-8-10-18(25)11-9-16)23-19-12-17(13-20(19)23)21(14-26)15-6-4-3-5-7-15/h3-11,17,19-23H,2,12-13H2,1H3,(H,27,28)/t17?,19-,20+,21-,22?,23?/m1/s1. The fraction of sp³-hybridized carbons (Fsp3) is 0.417. The van der Waals surface area contributed by atoms with Crippen LogP contribution in [0.5, 0.6) is 0 Å². The van der Waals surface area contributed by atoms with Gasteiger partial charge in [-0.1, -0.05) is 48.9 Å². The van der Waals surface area contributed by atoms with E-state index >= 15 is 0 Å². The zero-order chi connectivity index (χ0) is 19.7. The van der Waals surface area contributed by atoms with Gasteiger partial charge in [0.2, 0.25) is 0 Å². The molecule has 2 aromatic rings. The molecule has 0 aromatic heterocycles. The number of nitrogens with zero attached hydrogens (tertiary/aromatic N) is 1. The van der Waals surface area contributed by atoms with Crippen LogP contribution in [0.4, 0.5) is 0 Å². The molecule has 2 aliphatic carbocycles. The summed E-state index contributed by atoms with van der Waals surface area (Å²) in [5.74, 6) is 2.22. The van der Waals surface area contributed by atoms with Crippen LogP contribution in [0.25, 0.3) is 0 Å². The highest BCUT2D eigenvalue weighted by Gasteiger charge is 2.59. The Morgan fingerprint density at radius 1 is 1.14 bits per heavy atom. The lowest BCUT2D eigenvalue weighted by Gasteiger charge is -2.24. The third kappa shape index (κ3) is 3.66. The summed E-state index contributed by atoms with van der Waals surface area (Å²) < 4.78 is 0. The molecule has 144 valence electrons. The maximum Gasteiger partial charge on any atom is 0.251 e. The summed E-state index contributed by atoms with van der Waals surface area (Å²) in [7, 11) is 0. The molecule has 2 aliphatic rings. The van der Waals surface area contributed by atoms with Crippen LogP contribution in [0.15, 0.2) is 54.6 Å². The summed E-state index contributed by atoms with van der Waals surface area (Å²) in [5.41, 5.74) is 1.79. The Hall–Kier alpha value is -2.31. The zero-order valence-corrected chi connectivity index (χ0v) is 16.8. The van der Waals surface area contributed by atoms with Crippen molar-refractivity contribution < 1.29 is 4.79 Å². The molecule has 2 fully saturated rings. The number of rotatable bonds is 6. The van der Waals surface area contributed by atoms with E-state index in [1.807, 2.05) is 18.2 Å². The second-order valence-corrected chi connectivity index (χ2v) is 8.59. The van der Waals surface area contributed by atoms with Gasteiger partial charge in [0.15, 0.2) is 0 Å². The zero-order valence-electron chi connectivity index (χ0n) is 16.0. The van der Waals surface area contributed by atoms with Crippen molar-refractivity contribution in [2.75, 3.05) is 0 Å². The molecular weight excluding hydrogens is 368 g/mol. The van der Waals surface area contributed by atoms with Crippen molar-refractivity contribution in [1.29, 1.82) is 5.26 Å². The molecule has 3 nitrogen and oxygen atoms in total. The Kier molecular flexibility index (Phi) is 5.42. The van der Waals surface area contributed by atoms with Crippen LogP contribution in [-0.2, 0) is 0 Å². The molecule has 1 amide bonds. The molecule has 3 unspecified atom stereocenters. The van der Waals surface area contributed by atoms with Gasteiger partial charge in [-0.3, -0.25) is 4.79 Å². The first-order valence-corrected chi connectivity index (χ1v) is 10.5. The summed E-state index contributed by atoms with van der Waals surface area (Å²) in [5, 5.41) is 13.6. The maximum atomic E-state index is 12.6. The summed E-state index contributed by atoms with van der Waals surface area (Å²) in [6, 6.07) is 19.9. The van der Waals surface area contributed by atoms with Gasteiger partial charge in [-0.25, -0.2) is 0 Å². The van der Waals surface area contributed by atoms with Crippen LogP contribution >= 0.6 is 11.6 Å². The van der Waals surface area contributed by atoms with Crippen LogP contribution < -0.4 is 5.32 Å². The summed E-state index contributed by atoms with van der Waals surface area (Å²) >= 11 is 5.92. The maximum absolute atomic E-state index is 12.6. The van der Waals surface area contributed by atoms with Crippen molar-refractivity contribution in [2.24, 2.45) is 23.7 Å². The van der Waals surface area contributed by atoms with E-state index in [2.05, 4.69) is 30.4 Å². The molecule has 0 heterocycles.